The Kier molecular flexibility index (Phi) is 5.64. The average molecular weight is 404 g/mol. The van der Waals surface area contributed by atoms with Gasteiger partial charge in [0.05, 0.1) is 11.7 Å². The van der Waals surface area contributed by atoms with E-state index in [1.54, 1.807) is 25.3 Å². The number of pyridine rings is 1. The van der Waals surface area contributed by atoms with Crippen molar-refractivity contribution >= 4 is 5.91 Å². The quantitative estimate of drug-likeness (QED) is 0.605. The summed E-state index contributed by atoms with van der Waals surface area (Å²) >= 11 is 0. The van der Waals surface area contributed by atoms with Crippen LogP contribution in [-0.4, -0.2) is 32.2 Å². The molecule has 152 valence electrons. The van der Waals surface area contributed by atoms with Crippen LogP contribution in [0.2, 0.25) is 0 Å². The van der Waals surface area contributed by atoms with E-state index in [9.17, 15) is 18.0 Å². The lowest BCUT2D eigenvalue weighted by Gasteiger charge is -2.19. The van der Waals surface area contributed by atoms with Gasteiger partial charge in [-0.1, -0.05) is 6.07 Å². The summed E-state index contributed by atoms with van der Waals surface area (Å²) in [5, 5.41) is 9.02. The van der Waals surface area contributed by atoms with Gasteiger partial charge in [-0.3, -0.25) is 14.9 Å². The van der Waals surface area contributed by atoms with E-state index >= 15 is 0 Å². The number of benzene rings is 1. The Morgan fingerprint density at radius 3 is 2.55 bits per heavy atom. The monoisotopic (exact) mass is 404 g/mol. The molecule has 4 N–H and O–H groups in total. The topological polar surface area (TPSA) is 110 Å². The lowest BCUT2D eigenvalue weighted by molar-refractivity contribution is -0.149. The van der Waals surface area contributed by atoms with E-state index in [0.717, 1.165) is 11.6 Å². The van der Waals surface area contributed by atoms with Crippen LogP contribution in [0.1, 0.15) is 46.3 Å². The van der Waals surface area contributed by atoms with Crippen LogP contribution in [0.25, 0.3) is 11.3 Å². The first kappa shape index (κ1) is 20.5. The molecule has 0 bridgehead atoms. The number of alkyl halides is 3. The van der Waals surface area contributed by atoms with Crippen molar-refractivity contribution in [3.63, 3.8) is 0 Å². The summed E-state index contributed by atoms with van der Waals surface area (Å²) in [6.45, 7) is 3.52. The van der Waals surface area contributed by atoms with Crippen molar-refractivity contribution in [3.8, 4) is 11.3 Å². The van der Waals surface area contributed by atoms with Crippen LogP contribution in [0.3, 0.4) is 0 Å². The van der Waals surface area contributed by atoms with Crippen molar-refractivity contribution in [1.82, 2.24) is 25.5 Å². The zero-order valence-electron chi connectivity index (χ0n) is 15.7. The highest BCUT2D eigenvalue weighted by atomic mass is 19.4. The molecule has 0 fully saturated rings. The molecule has 1 amide bonds. The number of aryl methyl sites for hydroxylation is 1. The molecule has 1 aromatic carbocycles. The van der Waals surface area contributed by atoms with Crippen LogP contribution < -0.4 is 11.1 Å². The molecule has 0 saturated heterocycles. The highest BCUT2D eigenvalue weighted by Gasteiger charge is 2.38. The molecule has 3 rings (SSSR count). The normalized spacial score (nSPS) is 13.7. The summed E-state index contributed by atoms with van der Waals surface area (Å²) in [5.74, 6) is -0.152. The van der Waals surface area contributed by atoms with Gasteiger partial charge in [0, 0.05) is 17.3 Å². The van der Waals surface area contributed by atoms with Crippen LogP contribution in [0, 0.1) is 6.92 Å². The number of hydrogen-bond acceptors (Lipinski definition) is 5. The molecule has 10 heteroatoms. The Labute approximate surface area is 164 Å². The van der Waals surface area contributed by atoms with Crippen LogP contribution in [0.15, 0.2) is 42.9 Å². The van der Waals surface area contributed by atoms with E-state index in [1.807, 2.05) is 6.92 Å². The van der Waals surface area contributed by atoms with E-state index in [1.165, 1.54) is 18.5 Å². The number of aromatic amines is 1. The lowest BCUT2D eigenvalue weighted by atomic mass is 9.98. The van der Waals surface area contributed by atoms with Crippen LogP contribution >= 0.6 is 0 Å². The predicted octanol–water partition coefficient (Wildman–Crippen LogP) is 3.23. The number of carbonyl (C=O) groups excluding carboxylic acids is 1. The first-order chi connectivity index (χ1) is 13.6. The van der Waals surface area contributed by atoms with Gasteiger partial charge in [0.1, 0.15) is 18.2 Å². The standard InChI is InChI=1S/C19H19F3N6O/c1-10-3-4-15(24-8-10)12-5-13(16(23)19(20,21)22)7-14(6-12)18(29)27-11(2)17-25-9-26-28-17/h3-9,11,16H,23H2,1-2H3,(H,27,29)(H,25,26,28). The predicted molar refractivity (Wildman–Crippen MR) is 99.7 cm³/mol. The fraction of sp³-hybridized carbons (Fsp3) is 0.263. The fourth-order valence-corrected chi connectivity index (χ4v) is 2.71. The number of carbonyl (C=O) groups is 1. The smallest absolute Gasteiger partial charge is 0.342 e. The Balaban J connectivity index is 1.99. The maximum Gasteiger partial charge on any atom is 0.407 e. The van der Waals surface area contributed by atoms with Gasteiger partial charge < -0.3 is 11.1 Å². The summed E-state index contributed by atoms with van der Waals surface area (Å²) in [6, 6.07) is 4.62. The highest BCUT2D eigenvalue weighted by Crippen LogP contribution is 2.33. The number of nitrogens with zero attached hydrogens (tertiary/aromatic N) is 3. The molecule has 0 spiro atoms. The number of H-pyrrole nitrogens is 1. The lowest BCUT2D eigenvalue weighted by Crippen LogP contribution is -2.30. The van der Waals surface area contributed by atoms with Crippen molar-refractivity contribution in [2.75, 3.05) is 0 Å². The zero-order chi connectivity index (χ0) is 21.2. The summed E-state index contributed by atoms with van der Waals surface area (Å²) < 4.78 is 39.6. The second kappa shape index (κ2) is 8.00. The van der Waals surface area contributed by atoms with Gasteiger partial charge in [0.25, 0.3) is 5.91 Å². The van der Waals surface area contributed by atoms with Gasteiger partial charge in [-0.25, -0.2) is 4.98 Å². The SMILES string of the molecule is Cc1ccc(-c2cc(C(=O)NC(C)c3ncn[nH]3)cc(C(N)C(F)(F)F)c2)nc1. The summed E-state index contributed by atoms with van der Waals surface area (Å²) in [4.78, 5) is 20.9. The zero-order valence-corrected chi connectivity index (χ0v) is 15.7. The minimum absolute atomic E-state index is 0.0333. The van der Waals surface area contributed by atoms with E-state index in [2.05, 4.69) is 25.5 Å². The van der Waals surface area contributed by atoms with Crippen molar-refractivity contribution < 1.29 is 18.0 Å². The summed E-state index contributed by atoms with van der Waals surface area (Å²) in [7, 11) is 0. The van der Waals surface area contributed by atoms with Crippen molar-refractivity contribution in [2.24, 2.45) is 5.73 Å². The van der Waals surface area contributed by atoms with Crippen molar-refractivity contribution in [3.05, 3.63) is 65.4 Å². The van der Waals surface area contributed by atoms with Gasteiger partial charge in [-0.05, 0) is 49.2 Å². The maximum atomic E-state index is 13.2. The summed E-state index contributed by atoms with van der Waals surface area (Å²) in [6.07, 6.45) is -1.76. The Morgan fingerprint density at radius 2 is 1.97 bits per heavy atom. The molecule has 7 nitrogen and oxygen atoms in total. The largest absolute Gasteiger partial charge is 0.407 e. The van der Waals surface area contributed by atoms with E-state index in [4.69, 9.17) is 5.73 Å². The molecule has 2 aromatic heterocycles. The average Bonchev–Trinajstić information content (AvgIpc) is 3.22. The fourth-order valence-electron chi connectivity index (χ4n) is 2.71. The van der Waals surface area contributed by atoms with Crippen LogP contribution in [0.4, 0.5) is 13.2 Å². The second-order valence-corrected chi connectivity index (χ2v) is 6.65. The number of nitrogens with one attached hydrogen (secondary N) is 2. The first-order valence-corrected chi connectivity index (χ1v) is 8.71. The third-order valence-corrected chi connectivity index (χ3v) is 4.33. The van der Waals surface area contributed by atoms with Crippen molar-refractivity contribution in [1.29, 1.82) is 0 Å². The molecular formula is C19H19F3N6O. The number of halogens is 3. The number of rotatable bonds is 5. The number of amides is 1. The number of aromatic nitrogens is 4. The van der Waals surface area contributed by atoms with Gasteiger partial charge in [-0.15, -0.1) is 0 Å². The molecular weight excluding hydrogens is 385 g/mol. The Morgan fingerprint density at radius 1 is 1.21 bits per heavy atom. The number of nitrogens with two attached hydrogens (primary N) is 1. The molecule has 0 aliphatic rings. The molecule has 2 heterocycles. The van der Waals surface area contributed by atoms with E-state index < -0.39 is 24.2 Å². The molecule has 2 atom stereocenters. The molecule has 0 aliphatic heterocycles. The van der Waals surface area contributed by atoms with E-state index in [-0.39, 0.29) is 11.1 Å². The van der Waals surface area contributed by atoms with Gasteiger partial charge >= 0.3 is 6.18 Å². The van der Waals surface area contributed by atoms with Crippen molar-refractivity contribution in [2.45, 2.75) is 32.1 Å². The maximum absolute atomic E-state index is 13.2. The van der Waals surface area contributed by atoms with Crippen LogP contribution in [-0.2, 0) is 0 Å². The van der Waals surface area contributed by atoms with E-state index in [0.29, 0.717) is 17.1 Å². The third-order valence-electron chi connectivity index (χ3n) is 4.33. The summed E-state index contributed by atoms with van der Waals surface area (Å²) in [5.41, 5.74) is 6.89. The van der Waals surface area contributed by atoms with Gasteiger partial charge in [-0.2, -0.15) is 18.3 Å². The van der Waals surface area contributed by atoms with Gasteiger partial charge in [0.2, 0.25) is 0 Å². The highest BCUT2D eigenvalue weighted by molar-refractivity contribution is 5.96. The Hall–Kier alpha value is -3.27. The molecule has 2 unspecified atom stereocenters. The third kappa shape index (κ3) is 4.77. The van der Waals surface area contributed by atoms with Crippen LogP contribution in [0.5, 0.6) is 0 Å². The minimum Gasteiger partial charge on any atom is -0.342 e. The molecule has 0 aliphatic carbocycles. The first-order valence-electron chi connectivity index (χ1n) is 8.71. The molecule has 29 heavy (non-hydrogen) atoms. The van der Waals surface area contributed by atoms with Gasteiger partial charge in [0.15, 0.2) is 0 Å². The molecule has 3 aromatic rings. The Bertz CT molecular complexity index is 986. The molecule has 0 saturated carbocycles. The minimum atomic E-state index is -4.65. The second-order valence-electron chi connectivity index (χ2n) is 6.65. The molecule has 0 radical (unpaired) electrons. The number of hydrogen-bond donors (Lipinski definition) is 3.